The van der Waals surface area contributed by atoms with Gasteiger partial charge in [0.2, 0.25) is 0 Å². The van der Waals surface area contributed by atoms with Crippen LogP contribution in [0.1, 0.15) is 5.56 Å². The first-order chi connectivity index (χ1) is 9.70. The first kappa shape index (κ1) is 12.8. The first-order valence-corrected chi connectivity index (χ1v) is 7.18. The van der Waals surface area contributed by atoms with Crippen molar-refractivity contribution in [3.05, 3.63) is 56.4 Å². The highest BCUT2D eigenvalue weighted by atomic mass is 32.1. The number of nitrogens with one attached hydrogen (secondary N) is 1. The van der Waals surface area contributed by atoms with Crippen molar-refractivity contribution in [1.29, 1.82) is 5.26 Å². The number of hydrogen-bond donors (Lipinski definition) is 1. The van der Waals surface area contributed by atoms with Gasteiger partial charge in [-0.3, -0.25) is 9.36 Å². The predicted molar refractivity (Wildman–Crippen MR) is 81.9 cm³/mol. The molecular formula is C14H9N3OS2. The largest absolute Gasteiger partial charge is 0.331 e. The molecule has 0 aliphatic heterocycles. The van der Waals surface area contributed by atoms with Gasteiger partial charge in [0.1, 0.15) is 4.70 Å². The Kier molecular flexibility index (Phi) is 3.22. The number of nitriles is 1. The van der Waals surface area contributed by atoms with Crippen LogP contribution in [0.5, 0.6) is 0 Å². The van der Waals surface area contributed by atoms with Crippen LogP contribution < -0.4 is 5.56 Å². The molecule has 3 rings (SSSR count). The van der Waals surface area contributed by atoms with Crippen LogP contribution >= 0.6 is 23.6 Å². The molecule has 6 heteroatoms. The monoisotopic (exact) mass is 299 g/mol. The van der Waals surface area contributed by atoms with Gasteiger partial charge in [0, 0.05) is 0 Å². The third-order valence-corrected chi connectivity index (χ3v) is 4.17. The molecule has 98 valence electrons. The van der Waals surface area contributed by atoms with Crippen LogP contribution in [0.3, 0.4) is 0 Å². The van der Waals surface area contributed by atoms with Gasteiger partial charge in [-0.15, -0.1) is 11.3 Å². The number of rotatable bonds is 2. The van der Waals surface area contributed by atoms with Gasteiger partial charge in [-0.1, -0.05) is 12.1 Å². The molecule has 0 saturated carbocycles. The second-order valence-corrected chi connectivity index (χ2v) is 5.54. The summed E-state index contributed by atoms with van der Waals surface area (Å²) in [5.41, 5.74) is 2.26. The number of nitrogens with zero attached hydrogens (tertiary/aromatic N) is 2. The van der Waals surface area contributed by atoms with Gasteiger partial charge in [0.25, 0.3) is 5.56 Å². The molecule has 2 aromatic heterocycles. The van der Waals surface area contributed by atoms with Gasteiger partial charge in [-0.05, 0) is 41.4 Å². The second-order valence-electron chi connectivity index (χ2n) is 4.24. The maximum atomic E-state index is 12.5. The molecule has 0 radical (unpaired) electrons. The molecule has 0 aliphatic rings. The van der Waals surface area contributed by atoms with E-state index in [0.29, 0.717) is 21.6 Å². The molecule has 0 atom stereocenters. The summed E-state index contributed by atoms with van der Waals surface area (Å²) >= 11 is 6.65. The van der Waals surface area contributed by atoms with Crippen LogP contribution in [0.25, 0.3) is 15.9 Å². The molecule has 0 unspecified atom stereocenters. The van der Waals surface area contributed by atoms with E-state index in [2.05, 4.69) is 11.1 Å². The number of H-pyrrole nitrogens is 1. The Morgan fingerprint density at radius 3 is 2.75 bits per heavy atom. The lowest BCUT2D eigenvalue weighted by Crippen LogP contribution is -2.19. The van der Waals surface area contributed by atoms with Gasteiger partial charge in [0.15, 0.2) is 4.77 Å². The number of hydrogen-bond acceptors (Lipinski definition) is 4. The predicted octanol–water partition coefficient (Wildman–Crippen LogP) is 3.18. The average molecular weight is 299 g/mol. The lowest BCUT2D eigenvalue weighted by Gasteiger charge is -2.06. The van der Waals surface area contributed by atoms with Crippen LogP contribution in [0.15, 0.2) is 40.5 Å². The summed E-state index contributed by atoms with van der Waals surface area (Å²) < 4.78 is 2.50. The van der Waals surface area contributed by atoms with Crippen molar-refractivity contribution < 1.29 is 0 Å². The van der Waals surface area contributed by atoms with Crippen molar-refractivity contribution in [1.82, 2.24) is 9.55 Å². The van der Waals surface area contributed by atoms with E-state index < -0.39 is 0 Å². The highest BCUT2D eigenvalue weighted by molar-refractivity contribution is 7.71. The molecule has 1 N–H and O–H groups in total. The Morgan fingerprint density at radius 1 is 1.30 bits per heavy atom. The lowest BCUT2D eigenvalue weighted by molar-refractivity contribution is 0.942. The summed E-state index contributed by atoms with van der Waals surface area (Å²) in [5, 5.41) is 10.5. The molecule has 3 aromatic rings. The zero-order valence-corrected chi connectivity index (χ0v) is 11.9. The molecule has 20 heavy (non-hydrogen) atoms. The normalized spacial score (nSPS) is 10.6. The SMILES string of the molecule is N#CCc1ccc(-n2c(=S)[nH]c3ccsc3c2=O)cc1. The Hall–Kier alpha value is -2.23. The Bertz CT molecular complexity index is 926. The van der Waals surface area contributed by atoms with Crippen LogP contribution in [0, 0.1) is 16.1 Å². The minimum Gasteiger partial charge on any atom is -0.331 e. The highest BCUT2D eigenvalue weighted by Crippen LogP contribution is 2.16. The number of thiophene rings is 1. The fraction of sp³-hybridized carbons (Fsp3) is 0.0714. The number of benzene rings is 1. The third-order valence-electron chi connectivity index (χ3n) is 2.98. The van der Waals surface area contributed by atoms with Gasteiger partial charge >= 0.3 is 0 Å². The van der Waals surface area contributed by atoms with Gasteiger partial charge in [0.05, 0.1) is 23.7 Å². The zero-order chi connectivity index (χ0) is 14.1. The van der Waals surface area contributed by atoms with Crippen molar-refractivity contribution in [3.8, 4) is 11.8 Å². The molecule has 0 fully saturated rings. The van der Waals surface area contributed by atoms with E-state index in [1.165, 1.54) is 15.9 Å². The zero-order valence-electron chi connectivity index (χ0n) is 10.3. The third kappa shape index (κ3) is 2.07. The second kappa shape index (κ2) is 5.04. The van der Waals surface area contributed by atoms with E-state index in [-0.39, 0.29) is 5.56 Å². The van der Waals surface area contributed by atoms with Crippen molar-refractivity contribution in [2.45, 2.75) is 6.42 Å². The van der Waals surface area contributed by atoms with E-state index in [1.807, 2.05) is 23.6 Å². The van der Waals surface area contributed by atoms with Gasteiger partial charge in [-0.2, -0.15) is 5.26 Å². The summed E-state index contributed by atoms with van der Waals surface area (Å²) in [6.45, 7) is 0. The van der Waals surface area contributed by atoms with Crippen LogP contribution in [-0.4, -0.2) is 9.55 Å². The van der Waals surface area contributed by atoms with Crippen molar-refractivity contribution in [3.63, 3.8) is 0 Å². The van der Waals surface area contributed by atoms with Crippen molar-refractivity contribution in [2.24, 2.45) is 0 Å². The molecular weight excluding hydrogens is 290 g/mol. The number of aromatic amines is 1. The Labute approximate surface area is 123 Å². The van der Waals surface area contributed by atoms with Crippen LogP contribution in [0.4, 0.5) is 0 Å². The Morgan fingerprint density at radius 2 is 2.05 bits per heavy atom. The number of aromatic nitrogens is 2. The first-order valence-electron chi connectivity index (χ1n) is 5.89. The maximum absolute atomic E-state index is 12.5. The van der Waals surface area contributed by atoms with E-state index in [4.69, 9.17) is 17.5 Å². The fourth-order valence-corrected chi connectivity index (χ4v) is 3.10. The van der Waals surface area contributed by atoms with Crippen LogP contribution in [0.2, 0.25) is 0 Å². The summed E-state index contributed by atoms with van der Waals surface area (Å²) in [7, 11) is 0. The lowest BCUT2D eigenvalue weighted by atomic mass is 10.1. The summed E-state index contributed by atoms with van der Waals surface area (Å²) in [6.07, 6.45) is 0.353. The maximum Gasteiger partial charge on any atom is 0.276 e. The smallest absolute Gasteiger partial charge is 0.276 e. The molecule has 0 bridgehead atoms. The van der Waals surface area contributed by atoms with E-state index in [0.717, 1.165) is 11.1 Å². The standard InChI is InChI=1S/C14H9N3OS2/c15-7-5-9-1-3-10(4-2-9)17-13(18)12-11(6-8-20-12)16-14(17)19/h1-4,6,8H,5H2,(H,16,19). The molecule has 1 aromatic carbocycles. The molecule has 0 spiro atoms. The van der Waals surface area contributed by atoms with Crippen molar-refractivity contribution in [2.75, 3.05) is 0 Å². The topological polar surface area (TPSA) is 61.6 Å². The summed E-state index contributed by atoms with van der Waals surface area (Å²) in [4.78, 5) is 15.5. The molecule has 2 heterocycles. The molecule has 0 aliphatic carbocycles. The van der Waals surface area contributed by atoms with Gasteiger partial charge in [-0.25, -0.2) is 0 Å². The summed E-state index contributed by atoms with van der Waals surface area (Å²) in [6, 6.07) is 11.2. The van der Waals surface area contributed by atoms with Crippen molar-refractivity contribution >= 4 is 33.8 Å². The average Bonchev–Trinajstić information content (AvgIpc) is 2.89. The van der Waals surface area contributed by atoms with E-state index in [9.17, 15) is 4.79 Å². The highest BCUT2D eigenvalue weighted by Gasteiger charge is 2.08. The Balaban J connectivity index is 2.21. The quantitative estimate of drug-likeness (QED) is 0.739. The fourth-order valence-electron chi connectivity index (χ4n) is 2.03. The van der Waals surface area contributed by atoms with Gasteiger partial charge < -0.3 is 4.98 Å². The summed E-state index contributed by atoms with van der Waals surface area (Å²) in [5.74, 6) is 0. The minimum absolute atomic E-state index is 0.119. The molecule has 0 saturated heterocycles. The molecule has 4 nitrogen and oxygen atoms in total. The van der Waals surface area contributed by atoms with Crippen LogP contribution in [-0.2, 0) is 6.42 Å². The van der Waals surface area contributed by atoms with E-state index in [1.54, 1.807) is 12.1 Å². The van der Waals surface area contributed by atoms with E-state index >= 15 is 0 Å². The minimum atomic E-state index is -0.119. The molecule has 0 amide bonds. The number of fused-ring (bicyclic) bond motifs is 1.